The summed E-state index contributed by atoms with van der Waals surface area (Å²) in [7, 11) is -3.79. The second kappa shape index (κ2) is 5.23. The van der Waals surface area contributed by atoms with Gasteiger partial charge in [0.25, 0.3) is 5.91 Å². The second-order valence-electron chi connectivity index (χ2n) is 4.00. The molecule has 0 aliphatic heterocycles. The molecule has 0 saturated carbocycles. The predicted molar refractivity (Wildman–Crippen MR) is 67.8 cm³/mol. The van der Waals surface area contributed by atoms with Crippen molar-refractivity contribution in [3.63, 3.8) is 0 Å². The van der Waals surface area contributed by atoms with Gasteiger partial charge in [-0.3, -0.25) is 4.79 Å². The van der Waals surface area contributed by atoms with Crippen LogP contribution < -0.4 is 4.72 Å². The minimum absolute atomic E-state index is 0.241. The highest BCUT2D eigenvalue weighted by Gasteiger charge is 2.19. The molecule has 1 aromatic carbocycles. The maximum Gasteiger partial charge on any atom is 0.264 e. The Labute approximate surface area is 110 Å². The number of sulfonamides is 1. The molecular weight excluding hydrogens is 268 g/mol. The summed E-state index contributed by atoms with van der Waals surface area (Å²) < 4.78 is 30.1. The normalized spacial score (nSPS) is 11.2. The highest BCUT2D eigenvalue weighted by Crippen LogP contribution is 2.08. The van der Waals surface area contributed by atoms with E-state index in [1.807, 2.05) is 4.72 Å². The second-order valence-corrected chi connectivity index (χ2v) is 5.72. The van der Waals surface area contributed by atoms with E-state index in [1.165, 1.54) is 12.3 Å². The third-order valence-electron chi connectivity index (χ3n) is 2.47. The molecule has 6 nitrogen and oxygen atoms in total. The van der Waals surface area contributed by atoms with Crippen LogP contribution in [0.2, 0.25) is 0 Å². The summed E-state index contributed by atoms with van der Waals surface area (Å²) in [4.78, 5) is 11.9. The standard InChI is InChI=1S/C12H12N2O4S/c1-9-4-2-3-5-11(9)12(15)14-19(16,17)8-10-6-7-18-13-10/h2-7H,8H2,1H3,(H,14,15). The summed E-state index contributed by atoms with van der Waals surface area (Å²) in [6, 6.07) is 8.18. The van der Waals surface area contributed by atoms with Crippen molar-refractivity contribution in [1.82, 2.24) is 9.88 Å². The fraction of sp³-hybridized carbons (Fsp3) is 0.167. The summed E-state index contributed by atoms with van der Waals surface area (Å²) >= 11 is 0. The number of nitrogens with zero attached hydrogens (tertiary/aromatic N) is 1. The summed E-state index contributed by atoms with van der Waals surface area (Å²) in [6.07, 6.45) is 1.27. The summed E-state index contributed by atoms with van der Waals surface area (Å²) in [5.41, 5.74) is 1.27. The zero-order valence-corrected chi connectivity index (χ0v) is 11.0. The molecule has 1 N–H and O–H groups in total. The molecule has 1 heterocycles. The molecule has 0 saturated heterocycles. The Bertz CT molecular complexity index is 678. The number of hydrogen-bond acceptors (Lipinski definition) is 5. The van der Waals surface area contributed by atoms with Gasteiger partial charge < -0.3 is 4.52 Å². The van der Waals surface area contributed by atoms with Crippen LogP contribution in [0.1, 0.15) is 21.6 Å². The van der Waals surface area contributed by atoms with Gasteiger partial charge in [0, 0.05) is 11.6 Å². The molecular formula is C12H12N2O4S. The molecule has 0 aliphatic rings. The zero-order chi connectivity index (χ0) is 13.9. The van der Waals surface area contributed by atoms with Crippen molar-refractivity contribution in [2.24, 2.45) is 0 Å². The van der Waals surface area contributed by atoms with Crippen molar-refractivity contribution in [3.8, 4) is 0 Å². The van der Waals surface area contributed by atoms with E-state index in [4.69, 9.17) is 0 Å². The van der Waals surface area contributed by atoms with E-state index >= 15 is 0 Å². The molecule has 0 bridgehead atoms. The zero-order valence-electron chi connectivity index (χ0n) is 10.2. The van der Waals surface area contributed by atoms with Crippen LogP contribution in [-0.4, -0.2) is 19.5 Å². The van der Waals surface area contributed by atoms with E-state index < -0.39 is 21.7 Å². The Balaban J connectivity index is 2.13. The highest BCUT2D eigenvalue weighted by molar-refractivity contribution is 7.89. The Morgan fingerprint density at radius 3 is 2.68 bits per heavy atom. The first-order valence-electron chi connectivity index (χ1n) is 5.48. The number of carbonyl (C=O) groups excluding carboxylic acids is 1. The van der Waals surface area contributed by atoms with Crippen LogP contribution in [0.3, 0.4) is 0 Å². The van der Waals surface area contributed by atoms with Crippen molar-refractivity contribution in [3.05, 3.63) is 53.4 Å². The Kier molecular flexibility index (Phi) is 3.66. The van der Waals surface area contributed by atoms with Gasteiger partial charge in [-0.1, -0.05) is 23.4 Å². The van der Waals surface area contributed by atoms with E-state index in [2.05, 4.69) is 9.68 Å². The molecule has 1 amide bonds. The fourth-order valence-electron chi connectivity index (χ4n) is 1.57. The molecule has 19 heavy (non-hydrogen) atoms. The van der Waals surface area contributed by atoms with Crippen LogP contribution in [0.4, 0.5) is 0 Å². The lowest BCUT2D eigenvalue weighted by Crippen LogP contribution is -2.32. The number of aromatic nitrogens is 1. The highest BCUT2D eigenvalue weighted by atomic mass is 32.2. The van der Waals surface area contributed by atoms with E-state index in [0.29, 0.717) is 11.1 Å². The molecule has 0 unspecified atom stereocenters. The van der Waals surface area contributed by atoms with Crippen molar-refractivity contribution in [2.75, 3.05) is 0 Å². The van der Waals surface area contributed by atoms with E-state index in [9.17, 15) is 13.2 Å². The number of hydrogen-bond donors (Lipinski definition) is 1. The maximum absolute atomic E-state index is 11.9. The number of benzene rings is 1. The van der Waals surface area contributed by atoms with Crippen LogP contribution in [0, 0.1) is 6.92 Å². The Morgan fingerprint density at radius 1 is 1.32 bits per heavy atom. The van der Waals surface area contributed by atoms with Crippen molar-refractivity contribution in [2.45, 2.75) is 12.7 Å². The lowest BCUT2D eigenvalue weighted by molar-refractivity contribution is 0.0981. The van der Waals surface area contributed by atoms with Crippen molar-refractivity contribution >= 4 is 15.9 Å². The number of carbonyl (C=O) groups is 1. The first-order valence-corrected chi connectivity index (χ1v) is 7.13. The van der Waals surface area contributed by atoms with Crippen LogP contribution >= 0.6 is 0 Å². The third kappa shape index (κ3) is 3.41. The molecule has 0 fully saturated rings. The topological polar surface area (TPSA) is 89.3 Å². The van der Waals surface area contributed by atoms with Crippen LogP contribution in [0.5, 0.6) is 0 Å². The molecule has 0 spiro atoms. The van der Waals surface area contributed by atoms with Gasteiger partial charge >= 0.3 is 0 Å². The monoisotopic (exact) mass is 280 g/mol. The Hall–Kier alpha value is -2.15. The molecule has 1 aromatic heterocycles. The molecule has 100 valence electrons. The molecule has 0 atom stereocenters. The lowest BCUT2D eigenvalue weighted by atomic mass is 10.1. The first kappa shape index (κ1) is 13.3. The SMILES string of the molecule is Cc1ccccc1C(=O)NS(=O)(=O)Cc1ccon1. The van der Waals surface area contributed by atoms with Crippen molar-refractivity contribution < 1.29 is 17.7 Å². The summed E-state index contributed by atoms with van der Waals surface area (Å²) in [5, 5.41) is 3.49. The maximum atomic E-state index is 11.9. The van der Waals surface area contributed by atoms with Gasteiger partial charge in [0.15, 0.2) is 0 Å². The quantitative estimate of drug-likeness (QED) is 0.910. The first-order chi connectivity index (χ1) is 8.98. The average molecular weight is 280 g/mol. The summed E-state index contributed by atoms with van der Waals surface area (Å²) in [5.74, 6) is -1.05. The number of rotatable bonds is 4. The minimum Gasteiger partial charge on any atom is -0.364 e. The van der Waals surface area contributed by atoms with Gasteiger partial charge in [-0.25, -0.2) is 13.1 Å². The van der Waals surface area contributed by atoms with E-state index in [0.717, 1.165) is 0 Å². The van der Waals surface area contributed by atoms with Gasteiger partial charge in [0.2, 0.25) is 10.0 Å². The molecule has 2 rings (SSSR count). The number of amides is 1. The van der Waals surface area contributed by atoms with Gasteiger partial charge in [-0.2, -0.15) is 0 Å². The van der Waals surface area contributed by atoms with Crippen LogP contribution in [0.15, 0.2) is 41.1 Å². The number of aryl methyl sites for hydroxylation is 1. The smallest absolute Gasteiger partial charge is 0.264 e. The largest absolute Gasteiger partial charge is 0.364 e. The minimum atomic E-state index is -3.79. The van der Waals surface area contributed by atoms with Crippen LogP contribution in [-0.2, 0) is 15.8 Å². The van der Waals surface area contributed by atoms with Crippen LogP contribution in [0.25, 0.3) is 0 Å². The van der Waals surface area contributed by atoms with Gasteiger partial charge in [-0.05, 0) is 18.6 Å². The van der Waals surface area contributed by atoms with E-state index in [-0.39, 0.29) is 5.69 Å². The Morgan fingerprint density at radius 2 is 2.05 bits per heavy atom. The molecule has 2 aromatic rings. The summed E-state index contributed by atoms with van der Waals surface area (Å²) in [6.45, 7) is 1.74. The van der Waals surface area contributed by atoms with Gasteiger partial charge in [-0.15, -0.1) is 0 Å². The third-order valence-corrected chi connectivity index (χ3v) is 3.64. The fourth-order valence-corrected chi connectivity index (χ4v) is 2.57. The van der Waals surface area contributed by atoms with Crippen molar-refractivity contribution in [1.29, 1.82) is 0 Å². The van der Waals surface area contributed by atoms with Gasteiger partial charge in [0.05, 0.1) is 0 Å². The number of nitrogens with one attached hydrogen (secondary N) is 1. The predicted octanol–water partition coefficient (Wildman–Crippen LogP) is 1.24. The molecule has 0 aliphatic carbocycles. The molecule has 7 heteroatoms. The van der Waals surface area contributed by atoms with Gasteiger partial charge in [0.1, 0.15) is 17.7 Å². The lowest BCUT2D eigenvalue weighted by Gasteiger charge is -2.07. The average Bonchev–Trinajstić information content (AvgIpc) is 2.80. The molecule has 0 radical (unpaired) electrons. The van der Waals surface area contributed by atoms with E-state index in [1.54, 1.807) is 31.2 Å².